The third kappa shape index (κ3) is 5.87. The number of piperazine rings is 1. The van der Waals surface area contributed by atoms with Gasteiger partial charge >= 0.3 is 0 Å². The Morgan fingerprint density at radius 3 is 2.15 bits per heavy atom. The van der Waals surface area contributed by atoms with Crippen LogP contribution in [0.25, 0.3) is 11.1 Å². The number of nitrogens with zero attached hydrogens (tertiary/aromatic N) is 2. The van der Waals surface area contributed by atoms with Crippen LogP contribution in [0.15, 0.2) is 48.5 Å². The summed E-state index contributed by atoms with van der Waals surface area (Å²) in [5.74, 6) is -1.18. The molecular formula is C26H35N3O5. The lowest BCUT2D eigenvalue weighted by Crippen LogP contribution is -2.57. The number of methoxy groups -OCH3 is 1. The fourth-order valence-corrected chi connectivity index (χ4v) is 4.50. The van der Waals surface area contributed by atoms with Crippen molar-refractivity contribution in [2.45, 2.75) is 39.3 Å². The number of carbonyl (C=O) groups excluding carboxylic acids is 2. The second kappa shape index (κ2) is 11.4. The second-order valence-electron chi connectivity index (χ2n) is 9.26. The maximum absolute atomic E-state index is 13.3. The summed E-state index contributed by atoms with van der Waals surface area (Å²) >= 11 is 0. The van der Waals surface area contributed by atoms with E-state index in [0.29, 0.717) is 26.1 Å². The summed E-state index contributed by atoms with van der Waals surface area (Å²) in [6.45, 7) is 7.61. The standard InChI is InChI=1S/C26H35N3O5/c1-17(2)15-23(24(30)25(31)27-33)26(32)29-14-13-28(16-18(29)3)21-9-5-19(6-10-21)20-7-11-22(34-4)12-8-20/h5-12,17-18,23-24,30,33H,13-16H2,1-4H3,(H,27,31)/t18-,23?,24?/m1/s1. The number of anilines is 1. The van der Waals surface area contributed by atoms with Gasteiger partial charge in [-0.15, -0.1) is 0 Å². The number of hydroxylamine groups is 1. The van der Waals surface area contributed by atoms with Crippen molar-refractivity contribution in [3.63, 3.8) is 0 Å². The zero-order valence-corrected chi connectivity index (χ0v) is 20.3. The molecule has 0 bridgehead atoms. The highest BCUT2D eigenvalue weighted by Crippen LogP contribution is 2.28. The Kier molecular flexibility index (Phi) is 8.52. The number of amides is 2. The van der Waals surface area contributed by atoms with Crippen LogP contribution in [0.1, 0.15) is 27.2 Å². The van der Waals surface area contributed by atoms with Gasteiger partial charge in [-0.1, -0.05) is 38.1 Å². The van der Waals surface area contributed by atoms with Gasteiger partial charge in [-0.2, -0.15) is 0 Å². The number of aliphatic hydroxyl groups is 1. The highest BCUT2D eigenvalue weighted by Gasteiger charge is 2.38. The molecule has 2 aromatic rings. The molecule has 2 amide bonds. The lowest BCUT2D eigenvalue weighted by molar-refractivity contribution is -0.152. The molecule has 3 rings (SSSR count). The van der Waals surface area contributed by atoms with Gasteiger partial charge in [0, 0.05) is 31.4 Å². The number of aliphatic hydroxyl groups excluding tert-OH is 1. The third-order valence-electron chi connectivity index (χ3n) is 6.37. The molecule has 1 saturated heterocycles. The van der Waals surface area contributed by atoms with Crippen LogP contribution in [0, 0.1) is 11.8 Å². The normalized spacial score (nSPS) is 17.9. The summed E-state index contributed by atoms with van der Waals surface area (Å²) in [6.07, 6.45) is -1.23. The maximum atomic E-state index is 13.3. The molecule has 8 heteroatoms. The third-order valence-corrected chi connectivity index (χ3v) is 6.37. The zero-order valence-electron chi connectivity index (χ0n) is 20.3. The van der Waals surface area contributed by atoms with Crippen molar-refractivity contribution in [2.75, 3.05) is 31.6 Å². The number of hydrogen-bond acceptors (Lipinski definition) is 6. The predicted molar refractivity (Wildman–Crippen MR) is 131 cm³/mol. The number of hydrogen-bond donors (Lipinski definition) is 3. The average Bonchev–Trinajstić information content (AvgIpc) is 2.86. The highest BCUT2D eigenvalue weighted by molar-refractivity contribution is 5.89. The van der Waals surface area contributed by atoms with E-state index in [1.807, 2.05) is 45.0 Å². The number of nitrogens with one attached hydrogen (secondary N) is 1. The largest absolute Gasteiger partial charge is 0.497 e. The first-order valence-electron chi connectivity index (χ1n) is 11.7. The molecule has 0 aliphatic carbocycles. The Hall–Kier alpha value is -3.10. The summed E-state index contributed by atoms with van der Waals surface area (Å²) in [7, 11) is 1.65. The van der Waals surface area contributed by atoms with E-state index in [9.17, 15) is 14.7 Å². The molecule has 3 atom stereocenters. The average molecular weight is 470 g/mol. The summed E-state index contributed by atoms with van der Waals surface area (Å²) in [4.78, 5) is 29.1. The molecule has 1 aliphatic rings. The molecule has 1 aliphatic heterocycles. The topological polar surface area (TPSA) is 102 Å². The van der Waals surface area contributed by atoms with Crippen LogP contribution in [-0.2, 0) is 9.59 Å². The minimum atomic E-state index is -1.59. The van der Waals surface area contributed by atoms with Gasteiger partial charge in [-0.25, -0.2) is 5.48 Å². The Morgan fingerprint density at radius 1 is 1.06 bits per heavy atom. The Labute approximate surface area is 201 Å². The molecule has 2 aromatic carbocycles. The molecule has 184 valence electrons. The molecule has 8 nitrogen and oxygen atoms in total. The maximum Gasteiger partial charge on any atom is 0.272 e. The summed E-state index contributed by atoms with van der Waals surface area (Å²) in [6, 6.07) is 16.2. The van der Waals surface area contributed by atoms with Crippen LogP contribution in [-0.4, -0.2) is 65.9 Å². The molecule has 0 radical (unpaired) electrons. The van der Waals surface area contributed by atoms with Gasteiger partial charge in [0.15, 0.2) is 0 Å². The summed E-state index contributed by atoms with van der Waals surface area (Å²) < 4.78 is 5.22. The highest BCUT2D eigenvalue weighted by atomic mass is 16.5. The number of ether oxygens (including phenoxy) is 1. The van der Waals surface area contributed by atoms with E-state index in [4.69, 9.17) is 9.94 Å². The first kappa shape index (κ1) is 25.5. The molecule has 34 heavy (non-hydrogen) atoms. The Bertz CT molecular complexity index is 961. The van der Waals surface area contributed by atoms with Crippen molar-refractivity contribution in [3.8, 4) is 16.9 Å². The van der Waals surface area contributed by atoms with E-state index < -0.39 is 17.9 Å². The first-order chi connectivity index (χ1) is 16.2. The zero-order chi connectivity index (χ0) is 24.8. The van der Waals surface area contributed by atoms with Crippen molar-refractivity contribution < 1.29 is 24.6 Å². The van der Waals surface area contributed by atoms with Gasteiger partial charge < -0.3 is 19.6 Å². The van der Waals surface area contributed by atoms with E-state index in [1.54, 1.807) is 12.0 Å². The predicted octanol–water partition coefficient (Wildman–Crippen LogP) is 2.93. The molecule has 1 heterocycles. The SMILES string of the molecule is COc1ccc(-c2ccc(N3CCN(C(=O)C(CC(C)C)C(O)C(=O)NO)[C@H](C)C3)cc2)cc1. The molecule has 1 fully saturated rings. The van der Waals surface area contributed by atoms with Crippen LogP contribution < -0.4 is 15.1 Å². The van der Waals surface area contributed by atoms with Gasteiger partial charge in [-0.3, -0.25) is 14.8 Å². The van der Waals surface area contributed by atoms with Gasteiger partial charge in [0.1, 0.15) is 11.9 Å². The number of benzene rings is 2. The van der Waals surface area contributed by atoms with Gasteiger partial charge in [0.05, 0.1) is 13.0 Å². The molecule has 0 saturated carbocycles. The molecule has 3 N–H and O–H groups in total. The van der Waals surface area contributed by atoms with Crippen LogP contribution in [0.4, 0.5) is 5.69 Å². The van der Waals surface area contributed by atoms with Gasteiger partial charge in [0.25, 0.3) is 5.91 Å². The van der Waals surface area contributed by atoms with Crippen LogP contribution in [0.3, 0.4) is 0 Å². The number of rotatable bonds is 8. The van der Waals surface area contributed by atoms with Crippen molar-refractivity contribution in [3.05, 3.63) is 48.5 Å². The summed E-state index contributed by atoms with van der Waals surface area (Å²) in [5.41, 5.74) is 4.76. The monoisotopic (exact) mass is 469 g/mol. The van der Waals surface area contributed by atoms with Gasteiger partial charge in [-0.05, 0) is 54.7 Å². The van der Waals surface area contributed by atoms with Crippen molar-refractivity contribution in [1.29, 1.82) is 0 Å². The fourth-order valence-electron chi connectivity index (χ4n) is 4.50. The Morgan fingerprint density at radius 2 is 1.65 bits per heavy atom. The lowest BCUT2D eigenvalue weighted by Gasteiger charge is -2.42. The van der Waals surface area contributed by atoms with E-state index in [2.05, 4.69) is 29.2 Å². The molecule has 0 aromatic heterocycles. The second-order valence-corrected chi connectivity index (χ2v) is 9.26. The van der Waals surface area contributed by atoms with Crippen LogP contribution >= 0.6 is 0 Å². The van der Waals surface area contributed by atoms with Crippen LogP contribution in [0.2, 0.25) is 0 Å². The van der Waals surface area contributed by atoms with Crippen molar-refractivity contribution >= 4 is 17.5 Å². The van der Waals surface area contributed by atoms with E-state index >= 15 is 0 Å². The molecular weight excluding hydrogens is 434 g/mol. The minimum absolute atomic E-state index is 0.0958. The summed E-state index contributed by atoms with van der Waals surface area (Å²) in [5, 5.41) is 19.3. The smallest absolute Gasteiger partial charge is 0.272 e. The quantitative estimate of drug-likeness (QED) is 0.406. The van der Waals surface area contributed by atoms with Crippen LogP contribution in [0.5, 0.6) is 5.75 Å². The molecule has 0 spiro atoms. The lowest BCUT2D eigenvalue weighted by atomic mass is 9.89. The minimum Gasteiger partial charge on any atom is -0.497 e. The van der Waals surface area contributed by atoms with E-state index in [1.165, 1.54) is 5.48 Å². The van der Waals surface area contributed by atoms with Crippen molar-refractivity contribution in [1.82, 2.24) is 10.4 Å². The number of carbonyl (C=O) groups is 2. The van der Waals surface area contributed by atoms with Gasteiger partial charge in [0.2, 0.25) is 5.91 Å². The molecule has 2 unspecified atom stereocenters. The fraction of sp³-hybridized carbons (Fsp3) is 0.462. The Balaban J connectivity index is 1.67. The first-order valence-corrected chi connectivity index (χ1v) is 11.7. The van der Waals surface area contributed by atoms with Crippen molar-refractivity contribution in [2.24, 2.45) is 11.8 Å². The van der Waals surface area contributed by atoms with E-state index in [-0.39, 0.29) is 17.9 Å². The van der Waals surface area contributed by atoms with E-state index in [0.717, 1.165) is 22.6 Å².